The van der Waals surface area contributed by atoms with E-state index >= 15 is 0 Å². The van der Waals surface area contributed by atoms with Crippen LogP contribution in [0.1, 0.15) is 49.3 Å². The Balaban J connectivity index is 1.78. The molecule has 3 heteroatoms. The molecule has 2 heterocycles. The molecule has 3 nitrogen and oxygen atoms in total. The van der Waals surface area contributed by atoms with Crippen LogP contribution in [0.2, 0.25) is 0 Å². The van der Waals surface area contributed by atoms with Crippen molar-refractivity contribution in [2.24, 2.45) is 13.0 Å². The highest BCUT2D eigenvalue weighted by molar-refractivity contribution is 5.24. The van der Waals surface area contributed by atoms with Gasteiger partial charge in [-0.15, -0.1) is 0 Å². The highest BCUT2D eigenvalue weighted by Crippen LogP contribution is 2.36. The molecular weight excluding hydrogens is 210 g/mol. The van der Waals surface area contributed by atoms with E-state index in [1.54, 1.807) is 5.56 Å². The number of nitrogens with one attached hydrogen (secondary N) is 1. The Morgan fingerprint density at radius 2 is 2.18 bits per heavy atom. The molecule has 3 rings (SSSR count). The highest BCUT2D eigenvalue weighted by atomic mass is 15.3. The van der Waals surface area contributed by atoms with Crippen molar-refractivity contribution in [1.82, 2.24) is 15.1 Å². The molecule has 1 aromatic rings. The van der Waals surface area contributed by atoms with Crippen molar-refractivity contribution >= 4 is 0 Å². The van der Waals surface area contributed by atoms with Gasteiger partial charge in [0.25, 0.3) is 0 Å². The smallest absolute Gasteiger partial charge is 0.0527 e. The second-order valence-corrected chi connectivity index (χ2v) is 5.71. The van der Waals surface area contributed by atoms with E-state index < -0.39 is 0 Å². The Morgan fingerprint density at radius 1 is 1.35 bits per heavy atom. The Morgan fingerprint density at radius 3 is 2.88 bits per heavy atom. The number of aromatic nitrogens is 2. The molecular formula is C14H23N3. The van der Waals surface area contributed by atoms with Gasteiger partial charge in [-0.3, -0.25) is 4.68 Å². The summed E-state index contributed by atoms with van der Waals surface area (Å²) in [6.07, 6.45) is 10.2. The van der Waals surface area contributed by atoms with E-state index in [0.717, 1.165) is 11.8 Å². The van der Waals surface area contributed by atoms with E-state index in [4.69, 9.17) is 0 Å². The normalized spacial score (nSPS) is 25.8. The SMILES string of the molecule is Cn1ncc(C2CCCC2)c1CC1CCNC1. The second-order valence-electron chi connectivity index (χ2n) is 5.71. The van der Waals surface area contributed by atoms with Crippen LogP contribution in [0.4, 0.5) is 0 Å². The molecule has 1 aromatic heterocycles. The van der Waals surface area contributed by atoms with E-state index in [0.29, 0.717) is 0 Å². The second kappa shape index (κ2) is 4.81. The Kier molecular flexibility index (Phi) is 3.19. The Hall–Kier alpha value is -0.830. The lowest BCUT2D eigenvalue weighted by Crippen LogP contribution is -2.14. The summed E-state index contributed by atoms with van der Waals surface area (Å²) in [4.78, 5) is 0. The third-order valence-corrected chi connectivity index (χ3v) is 4.53. The lowest BCUT2D eigenvalue weighted by molar-refractivity contribution is 0.540. The van der Waals surface area contributed by atoms with Gasteiger partial charge in [-0.1, -0.05) is 12.8 Å². The van der Waals surface area contributed by atoms with Crippen molar-refractivity contribution in [2.45, 2.75) is 44.4 Å². The van der Waals surface area contributed by atoms with Gasteiger partial charge in [-0.25, -0.2) is 0 Å². The molecule has 1 aliphatic carbocycles. The summed E-state index contributed by atoms with van der Waals surface area (Å²) in [5.74, 6) is 1.62. The van der Waals surface area contributed by atoms with Crippen molar-refractivity contribution < 1.29 is 0 Å². The minimum absolute atomic E-state index is 0.799. The minimum Gasteiger partial charge on any atom is -0.316 e. The van der Waals surface area contributed by atoms with E-state index in [-0.39, 0.29) is 0 Å². The van der Waals surface area contributed by atoms with Crippen LogP contribution in [0, 0.1) is 5.92 Å². The van der Waals surface area contributed by atoms with Crippen LogP contribution >= 0.6 is 0 Å². The van der Waals surface area contributed by atoms with Crippen LogP contribution in [-0.4, -0.2) is 22.9 Å². The maximum atomic E-state index is 4.50. The molecule has 2 fully saturated rings. The minimum atomic E-state index is 0.799. The van der Waals surface area contributed by atoms with E-state index in [9.17, 15) is 0 Å². The van der Waals surface area contributed by atoms with Crippen LogP contribution in [0.5, 0.6) is 0 Å². The molecule has 0 amide bonds. The molecule has 0 aromatic carbocycles. The first-order chi connectivity index (χ1) is 8.34. The van der Waals surface area contributed by atoms with Crippen LogP contribution in [0.15, 0.2) is 6.20 Å². The van der Waals surface area contributed by atoms with E-state index in [1.807, 2.05) is 0 Å². The monoisotopic (exact) mass is 233 g/mol. The maximum Gasteiger partial charge on any atom is 0.0527 e. The molecule has 0 bridgehead atoms. The van der Waals surface area contributed by atoms with Gasteiger partial charge in [0.1, 0.15) is 0 Å². The summed E-state index contributed by atoms with van der Waals surface area (Å²) in [6.45, 7) is 2.39. The number of nitrogens with zero attached hydrogens (tertiary/aromatic N) is 2. The summed E-state index contributed by atoms with van der Waals surface area (Å²) in [5, 5.41) is 7.96. The lowest BCUT2D eigenvalue weighted by Gasteiger charge is -2.14. The summed E-state index contributed by atoms with van der Waals surface area (Å²) in [7, 11) is 2.11. The molecule has 0 radical (unpaired) electrons. The molecule has 1 unspecified atom stereocenters. The van der Waals surface area contributed by atoms with Gasteiger partial charge in [0, 0.05) is 12.7 Å². The standard InChI is InChI=1S/C14H23N3/c1-17-14(8-11-6-7-15-9-11)13(10-16-17)12-4-2-3-5-12/h10-12,15H,2-9H2,1H3. The zero-order valence-corrected chi connectivity index (χ0v) is 10.8. The molecule has 1 atom stereocenters. The van der Waals surface area contributed by atoms with Crippen molar-refractivity contribution in [3.8, 4) is 0 Å². The maximum absolute atomic E-state index is 4.50. The number of hydrogen-bond donors (Lipinski definition) is 1. The summed E-state index contributed by atoms with van der Waals surface area (Å²) in [6, 6.07) is 0. The van der Waals surface area contributed by atoms with Crippen molar-refractivity contribution in [1.29, 1.82) is 0 Å². The van der Waals surface area contributed by atoms with Crippen LogP contribution in [-0.2, 0) is 13.5 Å². The highest BCUT2D eigenvalue weighted by Gasteiger charge is 2.25. The lowest BCUT2D eigenvalue weighted by atomic mass is 9.93. The third-order valence-electron chi connectivity index (χ3n) is 4.53. The number of hydrogen-bond acceptors (Lipinski definition) is 2. The Bertz CT molecular complexity index is 371. The predicted octanol–water partition coefficient (Wildman–Crippen LogP) is 2.23. The molecule has 2 aliphatic rings. The van der Waals surface area contributed by atoms with Gasteiger partial charge < -0.3 is 5.32 Å². The largest absolute Gasteiger partial charge is 0.316 e. The first-order valence-electron chi connectivity index (χ1n) is 7.06. The van der Waals surface area contributed by atoms with Crippen LogP contribution in [0.25, 0.3) is 0 Å². The quantitative estimate of drug-likeness (QED) is 0.867. The predicted molar refractivity (Wildman–Crippen MR) is 69.1 cm³/mol. The molecule has 1 saturated carbocycles. The first-order valence-corrected chi connectivity index (χ1v) is 7.06. The van der Waals surface area contributed by atoms with Crippen molar-refractivity contribution in [2.75, 3.05) is 13.1 Å². The zero-order valence-electron chi connectivity index (χ0n) is 10.8. The van der Waals surface area contributed by atoms with E-state index in [1.165, 1.54) is 57.3 Å². The summed E-state index contributed by atoms with van der Waals surface area (Å²) in [5.41, 5.74) is 3.06. The summed E-state index contributed by atoms with van der Waals surface area (Å²) >= 11 is 0. The molecule has 17 heavy (non-hydrogen) atoms. The van der Waals surface area contributed by atoms with Gasteiger partial charge >= 0.3 is 0 Å². The van der Waals surface area contributed by atoms with Crippen molar-refractivity contribution in [3.63, 3.8) is 0 Å². The van der Waals surface area contributed by atoms with Gasteiger partial charge in [-0.05, 0) is 56.2 Å². The number of aryl methyl sites for hydroxylation is 1. The average molecular weight is 233 g/mol. The summed E-state index contributed by atoms with van der Waals surface area (Å²) < 4.78 is 2.12. The molecule has 0 spiro atoms. The van der Waals surface area contributed by atoms with Crippen LogP contribution < -0.4 is 5.32 Å². The molecule has 94 valence electrons. The molecule has 1 saturated heterocycles. The van der Waals surface area contributed by atoms with Gasteiger partial charge in [0.2, 0.25) is 0 Å². The van der Waals surface area contributed by atoms with Gasteiger partial charge in [-0.2, -0.15) is 5.10 Å². The van der Waals surface area contributed by atoms with E-state index in [2.05, 4.69) is 28.3 Å². The average Bonchev–Trinajstić information content (AvgIpc) is 3.03. The topological polar surface area (TPSA) is 29.9 Å². The van der Waals surface area contributed by atoms with Crippen LogP contribution in [0.3, 0.4) is 0 Å². The third kappa shape index (κ3) is 2.25. The first kappa shape index (κ1) is 11.3. The van der Waals surface area contributed by atoms with Crippen molar-refractivity contribution in [3.05, 3.63) is 17.5 Å². The van der Waals surface area contributed by atoms with Gasteiger partial charge in [0.15, 0.2) is 0 Å². The Labute approximate surface area is 104 Å². The molecule has 1 N–H and O–H groups in total. The fourth-order valence-corrected chi connectivity index (χ4v) is 3.47. The molecule has 1 aliphatic heterocycles. The fraction of sp³-hybridized carbons (Fsp3) is 0.786. The zero-order chi connectivity index (χ0) is 11.7. The fourth-order valence-electron chi connectivity index (χ4n) is 3.47. The van der Waals surface area contributed by atoms with Gasteiger partial charge in [0.05, 0.1) is 6.20 Å². The number of rotatable bonds is 3.